The first kappa shape index (κ1) is 11.8. The lowest BCUT2D eigenvalue weighted by Gasteiger charge is -2.09. The maximum absolute atomic E-state index is 11.6. The van der Waals surface area contributed by atoms with E-state index >= 15 is 0 Å². The number of hydrogen-bond acceptors (Lipinski definition) is 2. The zero-order valence-corrected chi connectivity index (χ0v) is 9.58. The van der Waals surface area contributed by atoms with Gasteiger partial charge in [0.25, 0.3) is 5.91 Å². The molecule has 0 bridgehead atoms. The van der Waals surface area contributed by atoms with Crippen molar-refractivity contribution in [3.8, 4) is 0 Å². The molecule has 0 saturated heterocycles. The van der Waals surface area contributed by atoms with Crippen LogP contribution in [-0.2, 0) is 7.05 Å². The number of nitrogens with zero attached hydrogens (tertiary/aromatic N) is 1. The number of carbonyl (C=O) groups is 1. The fourth-order valence-electron chi connectivity index (χ4n) is 1.32. The molecule has 1 aromatic rings. The Labute approximate surface area is 90.7 Å². The van der Waals surface area contributed by atoms with E-state index in [9.17, 15) is 4.79 Å². The Bertz CT molecular complexity index is 317. The summed E-state index contributed by atoms with van der Waals surface area (Å²) in [4.78, 5) is 11.6. The number of amides is 1. The van der Waals surface area contributed by atoms with Crippen molar-refractivity contribution in [1.29, 1.82) is 0 Å². The summed E-state index contributed by atoms with van der Waals surface area (Å²) in [6, 6.07) is 4.13. The van der Waals surface area contributed by atoms with Gasteiger partial charge in [-0.1, -0.05) is 13.8 Å². The molecule has 0 atom stereocenters. The van der Waals surface area contributed by atoms with Crippen molar-refractivity contribution >= 4 is 5.91 Å². The van der Waals surface area contributed by atoms with Crippen LogP contribution in [0.4, 0.5) is 0 Å². The van der Waals surface area contributed by atoms with Gasteiger partial charge >= 0.3 is 0 Å². The molecule has 84 valence electrons. The van der Waals surface area contributed by atoms with Gasteiger partial charge in [0.2, 0.25) is 0 Å². The summed E-state index contributed by atoms with van der Waals surface area (Å²) >= 11 is 0. The Hall–Kier alpha value is -1.29. The number of rotatable bonds is 5. The molecular formula is C11H19N3O. The Morgan fingerprint density at radius 3 is 2.73 bits per heavy atom. The van der Waals surface area contributed by atoms with Crippen LogP contribution < -0.4 is 10.6 Å². The van der Waals surface area contributed by atoms with E-state index in [1.165, 1.54) is 0 Å². The Kier molecular flexibility index (Phi) is 4.37. The minimum Gasteiger partial charge on any atom is -0.349 e. The minimum atomic E-state index is -0.0203. The highest BCUT2D eigenvalue weighted by Gasteiger charge is 2.06. The molecule has 0 aliphatic carbocycles. The van der Waals surface area contributed by atoms with Gasteiger partial charge < -0.3 is 15.2 Å². The lowest BCUT2D eigenvalue weighted by molar-refractivity contribution is 0.0945. The summed E-state index contributed by atoms with van der Waals surface area (Å²) < 4.78 is 1.81. The van der Waals surface area contributed by atoms with Crippen LogP contribution in [0.15, 0.2) is 18.3 Å². The molecule has 0 aromatic carbocycles. The topological polar surface area (TPSA) is 46.1 Å². The van der Waals surface area contributed by atoms with E-state index in [1.54, 1.807) is 0 Å². The first-order chi connectivity index (χ1) is 7.11. The van der Waals surface area contributed by atoms with Crippen LogP contribution in [0.3, 0.4) is 0 Å². The lowest BCUT2D eigenvalue weighted by atomic mass is 10.4. The predicted molar refractivity (Wildman–Crippen MR) is 60.9 cm³/mol. The van der Waals surface area contributed by atoms with Crippen molar-refractivity contribution in [3.63, 3.8) is 0 Å². The molecule has 4 heteroatoms. The average Bonchev–Trinajstić information content (AvgIpc) is 2.58. The second kappa shape index (κ2) is 5.56. The normalized spacial score (nSPS) is 10.7. The molecule has 0 fully saturated rings. The van der Waals surface area contributed by atoms with Gasteiger partial charge in [-0.05, 0) is 12.1 Å². The van der Waals surface area contributed by atoms with E-state index < -0.39 is 0 Å². The van der Waals surface area contributed by atoms with Crippen molar-refractivity contribution in [2.75, 3.05) is 13.1 Å². The Morgan fingerprint density at radius 1 is 1.47 bits per heavy atom. The van der Waals surface area contributed by atoms with Crippen molar-refractivity contribution in [3.05, 3.63) is 24.0 Å². The highest BCUT2D eigenvalue weighted by Crippen LogP contribution is 1.98. The van der Waals surface area contributed by atoms with E-state index in [1.807, 2.05) is 29.9 Å². The lowest BCUT2D eigenvalue weighted by Crippen LogP contribution is -2.35. The second-order valence-corrected chi connectivity index (χ2v) is 3.87. The predicted octanol–water partition coefficient (Wildman–Crippen LogP) is 0.753. The van der Waals surface area contributed by atoms with Crippen molar-refractivity contribution in [2.45, 2.75) is 19.9 Å². The molecule has 15 heavy (non-hydrogen) atoms. The monoisotopic (exact) mass is 209 g/mol. The van der Waals surface area contributed by atoms with Gasteiger partial charge in [-0.3, -0.25) is 4.79 Å². The molecule has 1 amide bonds. The van der Waals surface area contributed by atoms with Crippen molar-refractivity contribution < 1.29 is 4.79 Å². The number of aromatic nitrogens is 1. The smallest absolute Gasteiger partial charge is 0.267 e. The average molecular weight is 209 g/mol. The van der Waals surface area contributed by atoms with E-state index in [0.717, 1.165) is 6.54 Å². The largest absolute Gasteiger partial charge is 0.349 e. The third-order valence-corrected chi connectivity index (χ3v) is 2.14. The second-order valence-electron chi connectivity index (χ2n) is 3.87. The van der Waals surface area contributed by atoms with Gasteiger partial charge in [-0.25, -0.2) is 0 Å². The summed E-state index contributed by atoms with van der Waals surface area (Å²) in [5.41, 5.74) is 0.694. The van der Waals surface area contributed by atoms with Crippen LogP contribution >= 0.6 is 0 Å². The number of hydrogen-bond donors (Lipinski definition) is 2. The van der Waals surface area contributed by atoms with Gasteiger partial charge in [-0.15, -0.1) is 0 Å². The molecule has 1 aromatic heterocycles. The van der Waals surface area contributed by atoms with Crippen LogP contribution in [0.25, 0.3) is 0 Å². The first-order valence-electron chi connectivity index (χ1n) is 5.24. The molecule has 1 heterocycles. The molecule has 0 aliphatic heterocycles. The molecule has 4 nitrogen and oxygen atoms in total. The van der Waals surface area contributed by atoms with Crippen LogP contribution in [0.2, 0.25) is 0 Å². The SMILES string of the molecule is CC(C)NCCNC(=O)c1cccn1C. The van der Waals surface area contributed by atoms with Gasteiger partial charge in [0.05, 0.1) is 0 Å². The van der Waals surface area contributed by atoms with Gasteiger partial charge in [-0.2, -0.15) is 0 Å². The van der Waals surface area contributed by atoms with E-state index in [4.69, 9.17) is 0 Å². The molecule has 0 saturated carbocycles. The van der Waals surface area contributed by atoms with Crippen LogP contribution in [0.1, 0.15) is 24.3 Å². The zero-order chi connectivity index (χ0) is 11.3. The van der Waals surface area contributed by atoms with Crippen LogP contribution in [0, 0.1) is 0 Å². The number of carbonyl (C=O) groups excluding carboxylic acids is 1. The fourth-order valence-corrected chi connectivity index (χ4v) is 1.32. The number of nitrogens with one attached hydrogen (secondary N) is 2. The molecule has 0 radical (unpaired) electrons. The quantitative estimate of drug-likeness (QED) is 0.703. The van der Waals surface area contributed by atoms with Crippen molar-refractivity contribution in [2.24, 2.45) is 7.05 Å². The summed E-state index contributed by atoms with van der Waals surface area (Å²) in [5.74, 6) is -0.0203. The van der Waals surface area contributed by atoms with E-state index in [-0.39, 0.29) is 5.91 Å². The Balaban J connectivity index is 2.28. The molecule has 2 N–H and O–H groups in total. The summed E-state index contributed by atoms with van der Waals surface area (Å²) in [5, 5.41) is 6.10. The zero-order valence-electron chi connectivity index (χ0n) is 9.58. The molecule has 0 aliphatic rings. The van der Waals surface area contributed by atoms with Crippen LogP contribution in [0.5, 0.6) is 0 Å². The highest BCUT2D eigenvalue weighted by molar-refractivity contribution is 5.92. The third kappa shape index (κ3) is 3.75. The number of aryl methyl sites for hydroxylation is 1. The van der Waals surface area contributed by atoms with E-state index in [2.05, 4.69) is 24.5 Å². The first-order valence-corrected chi connectivity index (χ1v) is 5.24. The standard InChI is InChI=1S/C11H19N3O/c1-9(2)12-6-7-13-11(15)10-5-4-8-14(10)3/h4-5,8-9,12H,6-7H2,1-3H3,(H,13,15). The summed E-state index contributed by atoms with van der Waals surface area (Å²) in [7, 11) is 1.86. The van der Waals surface area contributed by atoms with E-state index in [0.29, 0.717) is 18.3 Å². The van der Waals surface area contributed by atoms with Crippen molar-refractivity contribution in [1.82, 2.24) is 15.2 Å². The molecule has 1 rings (SSSR count). The molecular weight excluding hydrogens is 190 g/mol. The minimum absolute atomic E-state index is 0.0203. The maximum Gasteiger partial charge on any atom is 0.267 e. The van der Waals surface area contributed by atoms with Gasteiger partial charge in [0, 0.05) is 32.4 Å². The molecule has 0 spiro atoms. The summed E-state index contributed by atoms with van der Waals surface area (Å²) in [6.45, 7) is 5.62. The highest BCUT2D eigenvalue weighted by atomic mass is 16.1. The Morgan fingerprint density at radius 2 is 2.20 bits per heavy atom. The summed E-state index contributed by atoms with van der Waals surface area (Å²) in [6.07, 6.45) is 1.86. The van der Waals surface area contributed by atoms with Crippen LogP contribution in [-0.4, -0.2) is 29.6 Å². The maximum atomic E-state index is 11.6. The van der Waals surface area contributed by atoms with Gasteiger partial charge in [0.15, 0.2) is 0 Å². The van der Waals surface area contributed by atoms with Gasteiger partial charge in [0.1, 0.15) is 5.69 Å². The molecule has 0 unspecified atom stereocenters. The third-order valence-electron chi connectivity index (χ3n) is 2.14. The fraction of sp³-hybridized carbons (Fsp3) is 0.545.